The molecule has 0 spiro atoms. The van der Waals surface area contributed by atoms with Gasteiger partial charge in [0.25, 0.3) is 10.0 Å². The van der Waals surface area contributed by atoms with Gasteiger partial charge in [0, 0.05) is 5.38 Å². The van der Waals surface area contributed by atoms with Crippen LogP contribution in [-0.2, 0) is 21.2 Å². The first-order chi connectivity index (χ1) is 9.29. The van der Waals surface area contributed by atoms with E-state index in [1.54, 1.807) is 13.8 Å². The highest BCUT2D eigenvalue weighted by Gasteiger charge is 2.23. The van der Waals surface area contributed by atoms with E-state index >= 15 is 0 Å². The molecular formula is C10H12N4O4S2. The Balaban J connectivity index is 2.25. The van der Waals surface area contributed by atoms with Crippen molar-refractivity contribution < 1.29 is 18.3 Å². The summed E-state index contributed by atoms with van der Waals surface area (Å²) in [6.45, 7) is 3.18. The zero-order chi connectivity index (χ0) is 14.9. The average molecular weight is 316 g/mol. The van der Waals surface area contributed by atoms with E-state index in [-0.39, 0.29) is 16.4 Å². The van der Waals surface area contributed by atoms with Crippen LogP contribution in [0.5, 0.6) is 0 Å². The molecule has 8 nitrogen and oxygen atoms in total. The number of nitrogens with one attached hydrogen (secondary N) is 2. The second kappa shape index (κ2) is 5.21. The normalized spacial score (nSPS) is 11.5. The molecule has 0 radical (unpaired) electrons. The smallest absolute Gasteiger partial charge is 0.309 e. The molecule has 0 aliphatic rings. The molecule has 0 aliphatic heterocycles. The van der Waals surface area contributed by atoms with Crippen molar-refractivity contribution in [2.75, 3.05) is 4.72 Å². The lowest BCUT2D eigenvalue weighted by molar-refractivity contribution is -0.136. The van der Waals surface area contributed by atoms with Crippen LogP contribution < -0.4 is 4.72 Å². The molecule has 3 N–H and O–H groups in total. The quantitative estimate of drug-likeness (QED) is 0.753. The Morgan fingerprint density at radius 3 is 2.75 bits per heavy atom. The van der Waals surface area contributed by atoms with Gasteiger partial charge in [0.2, 0.25) is 0 Å². The van der Waals surface area contributed by atoms with E-state index in [1.807, 2.05) is 0 Å². The number of nitrogens with zero attached hydrogens (tertiary/aromatic N) is 2. The van der Waals surface area contributed by atoms with Gasteiger partial charge in [-0.2, -0.15) is 5.10 Å². The van der Waals surface area contributed by atoms with Crippen molar-refractivity contribution in [1.82, 2.24) is 15.2 Å². The summed E-state index contributed by atoms with van der Waals surface area (Å²) in [5.74, 6) is -1.02. The number of aryl methyl sites for hydroxylation is 2. The molecule has 0 amide bonds. The molecule has 20 heavy (non-hydrogen) atoms. The minimum Gasteiger partial charge on any atom is -0.481 e. The Labute approximate surface area is 118 Å². The Hall–Kier alpha value is -1.94. The summed E-state index contributed by atoms with van der Waals surface area (Å²) in [7, 11) is -3.79. The van der Waals surface area contributed by atoms with E-state index in [0.717, 1.165) is 11.3 Å². The fourth-order valence-corrected chi connectivity index (χ4v) is 4.03. The standard InChI is InChI=1S/C10H12N4O4S2/c1-5-9(6(2)13-12-5)20(17,18)14-10-11-7(4-19-10)3-8(15)16/h4H,3H2,1-2H3,(H,11,14)(H,12,13)(H,15,16). The monoisotopic (exact) mass is 316 g/mol. The number of anilines is 1. The largest absolute Gasteiger partial charge is 0.481 e. The van der Waals surface area contributed by atoms with Gasteiger partial charge in [0.15, 0.2) is 5.13 Å². The number of carboxylic acids is 1. The van der Waals surface area contributed by atoms with Gasteiger partial charge >= 0.3 is 5.97 Å². The van der Waals surface area contributed by atoms with E-state index in [9.17, 15) is 13.2 Å². The lowest BCUT2D eigenvalue weighted by Gasteiger charge is -2.04. The van der Waals surface area contributed by atoms with Crippen molar-refractivity contribution in [1.29, 1.82) is 0 Å². The number of aromatic amines is 1. The van der Waals surface area contributed by atoms with Gasteiger partial charge in [-0.05, 0) is 13.8 Å². The zero-order valence-electron chi connectivity index (χ0n) is 10.7. The second-order valence-electron chi connectivity index (χ2n) is 4.08. The van der Waals surface area contributed by atoms with Gasteiger partial charge in [-0.15, -0.1) is 11.3 Å². The molecule has 0 fully saturated rings. The SMILES string of the molecule is Cc1n[nH]c(C)c1S(=O)(=O)Nc1nc(CC(=O)O)cs1. The highest BCUT2D eigenvalue weighted by molar-refractivity contribution is 7.93. The van der Waals surface area contributed by atoms with Crippen LogP contribution in [-0.4, -0.2) is 34.7 Å². The van der Waals surface area contributed by atoms with Crippen LogP contribution in [0, 0.1) is 13.8 Å². The van der Waals surface area contributed by atoms with E-state index in [4.69, 9.17) is 5.11 Å². The topological polar surface area (TPSA) is 125 Å². The van der Waals surface area contributed by atoms with Crippen LogP contribution in [0.4, 0.5) is 5.13 Å². The lowest BCUT2D eigenvalue weighted by atomic mass is 10.3. The maximum Gasteiger partial charge on any atom is 0.309 e. The van der Waals surface area contributed by atoms with E-state index in [1.165, 1.54) is 5.38 Å². The lowest BCUT2D eigenvalue weighted by Crippen LogP contribution is -2.14. The highest BCUT2D eigenvalue weighted by atomic mass is 32.2. The summed E-state index contributed by atoms with van der Waals surface area (Å²) in [6.07, 6.45) is -0.248. The van der Waals surface area contributed by atoms with E-state index in [2.05, 4.69) is 19.9 Å². The number of aliphatic carboxylic acids is 1. The maximum atomic E-state index is 12.2. The Morgan fingerprint density at radius 2 is 2.20 bits per heavy atom. The van der Waals surface area contributed by atoms with E-state index < -0.39 is 16.0 Å². The fourth-order valence-electron chi connectivity index (χ4n) is 1.69. The highest BCUT2D eigenvalue weighted by Crippen LogP contribution is 2.23. The van der Waals surface area contributed by atoms with Crippen LogP contribution in [0.3, 0.4) is 0 Å². The fraction of sp³-hybridized carbons (Fsp3) is 0.300. The van der Waals surface area contributed by atoms with Crippen molar-refractivity contribution in [3.05, 3.63) is 22.5 Å². The minimum atomic E-state index is -3.79. The molecule has 2 aromatic heterocycles. The van der Waals surface area contributed by atoms with Gasteiger partial charge in [-0.1, -0.05) is 0 Å². The number of sulfonamides is 1. The molecule has 2 heterocycles. The van der Waals surface area contributed by atoms with Gasteiger partial charge in [-0.25, -0.2) is 13.4 Å². The Bertz CT molecular complexity index is 728. The summed E-state index contributed by atoms with van der Waals surface area (Å²) in [6, 6.07) is 0. The zero-order valence-corrected chi connectivity index (χ0v) is 12.3. The Morgan fingerprint density at radius 1 is 1.50 bits per heavy atom. The maximum absolute atomic E-state index is 12.2. The first kappa shape index (κ1) is 14.5. The molecule has 0 unspecified atom stereocenters. The molecule has 0 aromatic carbocycles. The van der Waals surface area contributed by atoms with Crippen molar-refractivity contribution in [3.63, 3.8) is 0 Å². The van der Waals surface area contributed by atoms with Crippen molar-refractivity contribution >= 4 is 32.5 Å². The van der Waals surface area contributed by atoms with Gasteiger partial charge < -0.3 is 5.11 Å². The molecule has 0 atom stereocenters. The van der Waals surface area contributed by atoms with Crippen molar-refractivity contribution in [2.45, 2.75) is 25.2 Å². The predicted octanol–water partition coefficient (Wildman–Crippen LogP) is 0.911. The number of carbonyl (C=O) groups is 1. The molecule has 0 bridgehead atoms. The number of H-pyrrole nitrogens is 1. The summed E-state index contributed by atoms with van der Waals surface area (Å²) in [4.78, 5) is 14.6. The number of aromatic nitrogens is 3. The van der Waals surface area contributed by atoms with Crippen molar-refractivity contribution in [2.24, 2.45) is 0 Å². The van der Waals surface area contributed by atoms with Gasteiger partial charge in [0.05, 0.1) is 23.5 Å². The third-order valence-corrected chi connectivity index (χ3v) is 4.97. The third-order valence-electron chi connectivity index (χ3n) is 2.44. The minimum absolute atomic E-state index is 0.0764. The average Bonchev–Trinajstić information content (AvgIpc) is 2.85. The molecule has 0 aliphatic carbocycles. The summed E-state index contributed by atoms with van der Waals surface area (Å²) >= 11 is 1.03. The summed E-state index contributed by atoms with van der Waals surface area (Å²) in [5.41, 5.74) is 1.09. The van der Waals surface area contributed by atoms with Gasteiger partial charge in [0.1, 0.15) is 4.90 Å². The molecule has 10 heteroatoms. The first-order valence-corrected chi connectivity index (χ1v) is 7.86. The molecule has 0 saturated carbocycles. The first-order valence-electron chi connectivity index (χ1n) is 5.50. The molecule has 2 rings (SSSR count). The predicted molar refractivity (Wildman–Crippen MR) is 72.3 cm³/mol. The molecule has 108 valence electrons. The number of rotatable bonds is 5. The number of thiazole rings is 1. The molecule has 2 aromatic rings. The van der Waals surface area contributed by atoms with Crippen LogP contribution in [0.15, 0.2) is 10.3 Å². The second-order valence-corrected chi connectivity index (χ2v) is 6.56. The number of hydrogen-bond donors (Lipinski definition) is 3. The third kappa shape index (κ3) is 2.96. The van der Waals surface area contributed by atoms with Crippen LogP contribution in [0.25, 0.3) is 0 Å². The summed E-state index contributed by atoms with van der Waals surface area (Å²) < 4.78 is 26.8. The molecular weight excluding hydrogens is 304 g/mol. The summed E-state index contributed by atoms with van der Waals surface area (Å²) in [5, 5.41) is 16.7. The van der Waals surface area contributed by atoms with Crippen LogP contribution in [0.1, 0.15) is 17.1 Å². The van der Waals surface area contributed by atoms with Gasteiger partial charge in [-0.3, -0.25) is 14.6 Å². The van der Waals surface area contributed by atoms with Crippen molar-refractivity contribution in [3.8, 4) is 0 Å². The van der Waals surface area contributed by atoms with Crippen LogP contribution in [0.2, 0.25) is 0 Å². The Kier molecular flexibility index (Phi) is 3.77. The number of hydrogen-bond acceptors (Lipinski definition) is 6. The number of carboxylic acid groups (broad SMARTS) is 1. The van der Waals surface area contributed by atoms with Crippen LogP contribution >= 0.6 is 11.3 Å². The van der Waals surface area contributed by atoms with E-state index in [0.29, 0.717) is 17.1 Å². The molecule has 0 saturated heterocycles.